The molecule has 2 saturated heterocycles. The van der Waals surface area contributed by atoms with Crippen molar-refractivity contribution in [1.82, 2.24) is 45.0 Å². The summed E-state index contributed by atoms with van der Waals surface area (Å²) in [7, 11) is 0. The van der Waals surface area contributed by atoms with Crippen LogP contribution in [0.15, 0.2) is 54.9 Å². The molecule has 0 radical (unpaired) electrons. The highest BCUT2D eigenvalue weighted by Gasteiger charge is 2.51. The number of H-pyrrole nitrogens is 1. The minimum absolute atomic E-state index is 0.113. The van der Waals surface area contributed by atoms with Crippen molar-refractivity contribution in [2.75, 3.05) is 59.0 Å². The normalized spacial score (nSPS) is 16.5. The Bertz CT molecular complexity index is 1970. The van der Waals surface area contributed by atoms with Gasteiger partial charge in [0.1, 0.15) is 29.2 Å². The van der Waals surface area contributed by atoms with Gasteiger partial charge < -0.3 is 19.7 Å². The molecule has 4 heterocycles. The molecular weight excluding hydrogens is 740 g/mol. The molecule has 13 nitrogen and oxygen atoms in total. The lowest BCUT2D eigenvalue weighted by atomic mass is 9.92. The Hall–Kier alpha value is -4.96. The van der Waals surface area contributed by atoms with Gasteiger partial charge in [-0.05, 0) is 114 Å². The summed E-state index contributed by atoms with van der Waals surface area (Å²) in [5.41, 5.74) is 1.41. The molecule has 2 aliphatic rings. The van der Waals surface area contributed by atoms with Crippen LogP contribution in [-0.4, -0.2) is 122 Å². The largest absolute Gasteiger partial charge is 0.492 e. The fourth-order valence-corrected chi connectivity index (χ4v) is 6.94. The quantitative estimate of drug-likeness (QED) is 0.168. The molecule has 2 amide bonds. The Morgan fingerprint density at radius 3 is 2.25 bits per heavy atom. The summed E-state index contributed by atoms with van der Waals surface area (Å²) in [4.78, 5) is 35.9. The fourth-order valence-electron chi connectivity index (χ4n) is 6.94. The molecule has 6 rings (SSSR count). The second kappa shape index (κ2) is 17.3. The van der Waals surface area contributed by atoms with Crippen molar-refractivity contribution < 1.29 is 32.2 Å². The maximum atomic E-state index is 13.3. The zero-order chi connectivity index (χ0) is 41.0. The number of nitrogens with one attached hydrogen (secondary N) is 2. The standard InChI is InChI=1S/C41H54F3N9O4/c1-28-23-31(9-12-34(28)53-27-32(24-46-53)36(54)45-25-35-47-37(49-48-35)40(5,6)41(42,43)44)30-7-10-33(11-8-30)56-22-21-50-15-13-29(14-16-50)26-51-17-19-52(20-18-51)38(55)57-39(2,3)4/h7-12,23-24,27,29H,13-22,25-26H2,1-6H3,(H,45,54)(H,47,48,49). The van der Waals surface area contributed by atoms with Crippen LogP contribution in [0.1, 0.15) is 75.0 Å². The molecule has 0 bridgehead atoms. The lowest BCUT2D eigenvalue weighted by Gasteiger charge is -2.39. The van der Waals surface area contributed by atoms with Crippen molar-refractivity contribution >= 4 is 12.0 Å². The van der Waals surface area contributed by atoms with E-state index in [0.717, 1.165) is 81.2 Å². The molecule has 16 heteroatoms. The third-order valence-corrected chi connectivity index (χ3v) is 10.6. The Morgan fingerprint density at radius 1 is 0.912 bits per heavy atom. The number of nitrogens with zero attached hydrogens (tertiary/aromatic N) is 7. The van der Waals surface area contributed by atoms with Crippen LogP contribution in [0.5, 0.6) is 5.75 Å². The summed E-state index contributed by atoms with van der Waals surface area (Å²) in [5, 5.41) is 13.2. The molecule has 0 unspecified atom stereocenters. The summed E-state index contributed by atoms with van der Waals surface area (Å²) in [6, 6.07) is 14.1. The number of benzene rings is 2. The maximum absolute atomic E-state index is 13.3. The van der Waals surface area contributed by atoms with E-state index in [2.05, 4.69) is 41.5 Å². The smallest absolute Gasteiger partial charge is 0.410 e. The number of rotatable bonds is 12. The van der Waals surface area contributed by atoms with E-state index in [1.165, 1.54) is 19.0 Å². The molecule has 0 atom stereocenters. The molecule has 2 N–H and O–H groups in total. The molecular formula is C41H54F3N9O4. The van der Waals surface area contributed by atoms with Gasteiger partial charge in [-0.15, -0.1) is 0 Å². The van der Waals surface area contributed by atoms with Crippen molar-refractivity contribution in [2.24, 2.45) is 5.92 Å². The number of hydrogen-bond acceptors (Lipinski definition) is 9. The molecule has 2 aromatic carbocycles. The highest BCUT2D eigenvalue weighted by atomic mass is 19.4. The highest BCUT2D eigenvalue weighted by molar-refractivity contribution is 5.93. The van der Waals surface area contributed by atoms with E-state index in [4.69, 9.17) is 9.47 Å². The third-order valence-electron chi connectivity index (χ3n) is 10.6. The van der Waals surface area contributed by atoms with Gasteiger partial charge in [0, 0.05) is 45.5 Å². The maximum Gasteiger partial charge on any atom is 0.410 e. The zero-order valence-electron chi connectivity index (χ0n) is 33.7. The number of aromatic nitrogens is 5. The molecule has 0 saturated carbocycles. The summed E-state index contributed by atoms with van der Waals surface area (Å²) in [6.07, 6.45) is 0.631. The van der Waals surface area contributed by atoms with Gasteiger partial charge in [-0.2, -0.15) is 23.4 Å². The second-order valence-corrected chi connectivity index (χ2v) is 16.5. The van der Waals surface area contributed by atoms with E-state index in [0.29, 0.717) is 25.6 Å². The average Bonchev–Trinajstić information content (AvgIpc) is 3.85. The predicted octanol–water partition coefficient (Wildman–Crippen LogP) is 6.38. The van der Waals surface area contributed by atoms with Crippen molar-refractivity contribution in [3.05, 3.63) is 77.6 Å². The lowest BCUT2D eigenvalue weighted by molar-refractivity contribution is -0.182. The first-order valence-corrected chi connectivity index (χ1v) is 19.5. The van der Waals surface area contributed by atoms with Crippen molar-refractivity contribution in [2.45, 2.75) is 78.1 Å². The van der Waals surface area contributed by atoms with Gasteiger partial charge in [0.25, 0.3) is 5.91 Å². The molecule has 4 aromatic rings. The number of carbonyl (C=O) groups excluding carboxylic acids is 2. The molecule has 308 valence electrons. The van der Waals surface area contributed by atoms with Gasteiger partial charge in [-0.25, -0.2) is 14.5 Å². The molecule has 2 aliphatic heterocycles. The first-order chi connectivity index (χ1) is 26.9. The number of aromatic amines is 1. The number of likely N-dealkylation sites (tertiary alicyclic amines) is 1. The van der Waals surface area contributed by atoms with E-state index < -0.39 is 28.9 Å². The summed E-state index contributed by atoms with van der Waals surface area (Å²) >= 11 is 0. The number of ether oxygens (including phenoxy) is 2. The first-order valence-electron chi connectivity index (χ1n) is 19.5. The molecule has 2 aromatic heterocycles. The van der Waals surface area contributed by atoms with Gasteiger partial charge in [0.05, 0.1) is 24.0 Å². The Morgan fingerprint density at radius 2 is 1.60 bits per heavy atom. The van der Waals surface area contributed by atoms with Crippen molar-refractivity contribution in [3.8, 4) is 22.6 Å². The fraction of sp³-hybridized carbons (Fsp3) is 0.537. The first kappa shape index (κ1) is 41.7. The van der Waals surface area contributed by atoms with Crippen LogP contribution in [0.2, 0.25) is 0 Å². The summed E-state index contributed by atoms with van der Waals surface area (Å²) in [5.74, 6) is 0.765. The number of halogens is 3. The van der Waals surface area contributed by atoms with E-state index in [-0.39, 0.29) is 24.0 Å². The van der Waals surface area contributed by atoms with Crippen LogP contribution < -0.4 is 10.1 Å². The minimum atomic E-state index is -4.52. The highest BCUT2D eigenvalue weighted by Crippen LogP contribution is 2.38. The van der Waals surface area contributed by atoms with E-state index >= 15 is 0 Å². The number of aryl methyl sites for hydroxylation is 1. The monoisotopic (exact) mass is 793 g/mol. The van der Waals surface area contributed by atoms with Gasteiger partial charge in [0.2, 0.25) is 0 Å². The summed E-state index contributed by atoms with van der Waals surface area (Å²) < 4.78 is 53.3. The summed E-state index contributed by atoms with van der Waals surface area (Å²) in [6.45, 7) is 17.5. The van der Waals surface area contributed by atoms with Crippen molar-refractivity contribution in [3.63, 3.8) is 0 Å². The molecule has 57 heavy (non-hydrogen) atoms. The molecule has 0 spiro atoms. The lowest BCUT2D eigenvalue weighted by Crippen LogP contribution is -2.51. The van der Waals surface area contributed by atoms with Gasteiger partial charge in [0.15, 0.2) is 5.82 Å². The van der Waals surface area contributed by atoms with E-state index in [1.54, 1.807) is 10.9 Å². The van der Waals surface area contributed by atoms with E-state index in [9.17, 15) is 22.8 Å². The van der Waals surface area contributed by atoms with Crippen LogP contribution in [0.3, 0.4) is 0 Å². The predicted molar refractivity (Wildman–Crippen MR) is 209 cm³/mol. The Kier molecular flexibility index (Phi) is 12.6. The average molecular weight is 794 g/mol. The third kappa shape index (κ3) is 10.7. The Balaban J connectivity index is 0.911. The number of amides is 2. The Labute approximate surface area is 331 Å². The second-order valence-electron chi connectivity index (χ2n) is 16.5. The van der Waals surface area contributed by atoms with Crippen LogP contribution in [0.4, 0.5) is 18.0 Å². The number of piperidine rings is 1. The van der Waals surface area contributed by atoms with Crippen LogP contribution in [0, 0.1) is 12.8 Å². The molecule has 0 aliphatic carbocycles. The molecule has 2 fully saturated rings. The zero-order valence-corrected chi connectivity index (χ0v) is 33.7. The van der Waals surface area contributed by atoms with Crippen LogP contribution in [0.25, 0.3) is 16.8 Å². The minimum Gasteiger partial charge on any atom is -0.492 e. The number of alkyl halides is 3. The van der Waals surface area contributed by atoms with E-state index in [1.807, 2.05) is 69.0 Å². The topological polar surface area (TPSA) is 134 Å². The van der Waals surface area contributed by atoms with Gasteiger partial charge in [-0.1, -0.05) is 18.2 Å². The number of carbonyl (C=O) groups is 2. The van der Waals surface area contributed by atoms with Gasteiger partial charge in [-0.3, -0.25) is 19.7 Å². The van der Waals surface area contributed by atoms with Crippen LogP contribution in [-0.2, 0) is 16.7 Å². The SMILES string of the molecule is Cc1cc(-c2ccc(OCCN3CCC(CN4CCN(C(=O)OC(C)(C)C)CC4)CC3)cc2)ccc1-n1cc(C(=O)NCc2nc(C(C)(C)C(F)(F)F)n[nH]2)cn1. The van der Waals surface area contributed by atoms with Gasteiger partial charge >= 0.3 is 12.3 Å². The van der Waals surface area contributed by atoms with Crippen molar-refractivity contribution in [1.29, 1.82) is 0 Å². The number of hydrogen-bond donors (Lipinski definition) is 2. The number of piperazine rings is 1. The van der Waals surface area contributed by atoms with Crippen LogP contribution >= 0.6 is 0 Å².